The van der Waals surface area contributed by atoms with Crippen LogP contribution in [0.5, 0.6) is 0 Å². The van der Waals surface area contributed by atoms with Gasteiger partial charge in [0.05, 0.1) is 66.2 Å². The maximum Gasteiger partial charge on any atom is 0.0984 e. The molecule has 3 heterocycles. The van der Waals surface area contributed by atoms with Gasteiger partial charge in [-0.1, -0.05) is 87.3 Å². The molecular weight excluding hydrogens is 595 g/mol. The maximum atomic E-state index is 6.97. The summed E-state index contributed by atoms with van der Waals surface area (Å²) in [5.74, 6) is 0. The van der Waals surface area contributed by atoms with Gasteiger partial charge in [0, 0.05) is 44.1 Å². The van der Waals surface area contributed by atoms with Gasteiger partial charge in [0.1, 0.15) is 0 Å². The van der Waals surface area contributed by atoms with Crippen molar-refractivity contribution in [2.24, 2.45) is 0 Å². The van der Waals surface area contributed by atoms with E-state index in [0.29, 0.717) is 6.61 Å². The Morgan fingerprint density at radius 1 is 0.659 bits per heavy atom. The number of ether oxygens (including phenoxy) is 4. The highest BCUT2D eigenvalue weighted by atomic mass is 35.5. The molecule has 236 valence electrons. The molecule has 3 fully saturated rings. The maximum absolute atomic E-state index is 6.97. The Balaban J connectivity index is 1.23. The van der Waals surface area contributed by atoms with Crippen molar-refractivity contribution < 1.29 is 18.9 Å². The van der Waals surface area contributed by atoms with Crippen LogP contribution in [0.2, 0.25) is 10.0 Å². The van der Waals surface area contributed by atoms with E-state index in [1.165, 1.54) is 22.3 Å². The van der Waals surface area contributed by atoms with Crippen LogP contribution in [-0.4, -0.2) is 78.0 Å². The third-order valence-corrected chi connectivity index (χ3v) is 9.98. The van der Waals surface area contributed by atoms with Crippen LogP contribution in [0, 0.1) is 0 Å². The number of rotatable bonds is 15. The van der Waals surface area contributed by atoms with Gasteiger partial charge in [-0.3, -0.25) is 0 Å². The molecule has 0 spiro atoms. The second-order valence-corrected chi connectivity index (χ2v) is 14.2. The minimum Gasteiger partial charge on any atom is -0.383 e. The number of benzene rings is 3. The highest BCUT2D eigenvalue weighted by molar-refractivity contribution is 6.33. The molecule has 44 heavy (non-hydrogen) atoms. The molecule has 0 N–H and O–H groups in total. The normalized spacial score (nSPS) is 20.8. The van der Waals surface area contributed by atoms with E-state index in [1.54, 1.807) is 7.11 Å². The lowest BCUT2D eigenvalue weighted by molar-refractivity contribution is 0.204. The van der Waals surface area contributed by atoms with Crippen LogP contribution in [0.3, 0.4) is 0 Å². The van der Waals surface area contributed by atoms with Crippen molar-refractivity contribution in [1.82, 2.24) is 0 Å². The second-order valence-electron chi connectivity index (χ2n) is 13.4. The van der Waals surface area contributed by atoms with Crippen LogP contribution in [0.1, 0.15) is 49.9 Å². The summed E-state index contributed by atoms with van der Waals surface area (Å²) in [6.07, 6.45) is 0.833. The third-order valence-electron chi connectivity index (χ3n) is 9.37. The van der Waals surface area contributed by atoms with Crippen LogP contribution in [-0.2, 0) is 29.8 Å². The van der Waals surface area contributed by atoms with Gasteiger partial charge in [0.2, 0.25) is 0 Å². The molecule has 6 rings (SSSR count). The lowest BCUT2D eigenvalue weighted by atomic mass is 9.73. The quantitative estimate of drug-likeness (QED) is 0.166. The Morgan fingerprint density at radius 2 is 1.07 bits per heavy atom. The minimum absolute atomic E-state index is 0.257. The van der Waals surface area contributed by atoms with Crippen LogP contribution >= 0.6 is 23.2 Å². The van der Waals surface area contributed by atoms with E-state index in [2.05, 4.69) is 98.2 Å². The summed E-state index contributed by atoms with van der Waals surface area (Å²) < 4.78 is 21.9. The average molecular weight is 640 g/mol. The molecule has 3 saturated heterocycles. The number of hydrogen-bond acceptors (Lipinski definition) is 6. The van der Waals surface area contributed by atoms with E-state index in [4.69, 9.17) is 42.1 Å². The number of anilines is 2. The summed E-state index contributed by atoms with van der Waals surface area (Å²) >= 11 is 13.9. The van der Waals surface area contributed by atoms with Gasteiger partial charge in [0.15, 0.2) is 0 Å². The Labute approximate surface area is 272 Å². The number of halogens is 2. The van der Waals surface area contributed by atoms with Gasteiger partial charge in [0.25, 0.3) is 0 Å². The van der Waals surface area contributed by atoms with Crippen molar-refractivity contribution in [3.8, 4) is 0 Å². The van der Waals surface area contributed by atoms with Crippen molar-refractivity contribution in [2.45, 2.75) is 56.8 Å². The van der Waals surface area contributed by atoms with Gasteiger partial charge >= 0.3 is 0 Å². The summed E-state index contributed by atoms with van der Waals surface area (Å²) in [4.78, 5) is 4.57. The highest BCUT2D eigenvalue weighted by Crippen LogP contribution is 2.41. The average Bonchev–Trinajstić information content (AvgIpc) is 3.83. The Hall–Kier alpha value is -2.32. The van der Waals surface area contributed by atoms with Crippen LogP contribution in [0.25, 0.3) is 0 Å². The molecule has 3 aliphatic rings. The zero-order valence-electron chi connectivity index (χ0n) is 26.4. The second kappa shape index (κ2) is 12.8. The summed E-state index contributed by atoms with van der Waals surface area (Å²) in [5, 5.41) is 1.50. The molecule has 0 amide bonds. The molecule has 3 aromatic rings. The monoisotopic (exact) mass is 638 g/mol. The molecule has 6 nitrogen and oxygen atoms in total. The van der Waals surface area contributed by atoms with Crippen molar-refractivity contribution in [3.63, 3.8) is 0 Å². The smallest absolute Gasteiger partial charge is 0.0984 e. The molecule has 3 aliphatic heterocycles. The van der Waals surface area contributed by atoms with Crippen LogP contribution < -0.4 is 9.80 Å². The first kappa shape index (κ1) is 31.7. The van der Waals surface area contributed by atoms with Gasteiger partial charge in [-0.25, -0.2) is 0 Å². The topological polar surface area (TPSA) is 53.3 Å². The van der Waals surface area contributed by atoms with E-state index in [1.807, 2.05) is 0 Å². The zero-order chi connectivity index (χ0) is 31.1. The SMILES string of the molecule is COCCN(CC1CO1)c1ccc(C(C)(C)c2cccc(C(C)(C)c3ccc(N(CC4CO4)CC4CO4)c(Cl)c3)c2)cc1Cl. The third kappa shape index (κ3) is 7.22. The van der Waals surface area contributed by atoms with E-state index in [9.17, 15) is 0 Å². The van der Waals surface area contributed by atoms with E-state index < -0.39 is 0 Å². The predicted octanol–water partition coefficient (Wildman–Crippen LogP) is 7.10. The minimum atomic E-state index is -0.261. The molecule has 8 heteroatoms. The van der Waals surface area contributed by atoms with Gasteiger partial charge in [-0.05, 0) is 46.5 Å². The van der Waals surface area contributed by atoms with Crippen molar-refractivity contribution in [2.75, 3.05) is 69.5 Å². The standard InChI is InChI=1S/C36H44Cl2N2O4/c1-35(2,26-9-11-33(31(37)16-26)39(13-14-41-5)18-28-21-42-28)24-7-6-8-25(15-24)36(3,4)27-10-12-34(32(38)17-27)40(19-29-22-43-29)20-30-23-44-30/h6-12,15-17,28-30H,13-14,18-23H2,1-5H3. The van der Waals surface area contributed by atoms with Gasteiger partial charge in [-0.15, -0.1) is 0 Å². The Bertz CT molecular complexity index is 1450. The first-order valence-corrected chi connectivity index (χ1v) is 16.4. The first-order valence-electron chi connectivity index (χ1n) is 15.6. The van der Waals surface area contributed by atoms with Crippen molar-refractivity contribution >= 4 is 34.6 Å². The van der Waals surface area contributed by atoms with Crippen molar-refractivity contribution in [1.29, 1.82) is 0 Å². The lowest BCUT2D eigenvalue weighted by Gasteiger charge is -2.32. The number of nitrogens with zero attached hydrogens (tertiary/aromatic N) is 2. The molecule has 3 aromatic carbocycles. The largest absolute Gasteiger partial charge is 0.383 e. The Kier molecular flexibility index (Phi) is 9.22. The molecule has 0 aliphatic carbocycles. The van der Waals surface area contributed by atoms with E-state index >= 15 is 0 Å². The van der Waals surface area contributed by atoms with E-state index in [-0.39, 0.29) is 29.1 Å². The first-order chi connectivity index (χ1) is 21.1. The summed E-state index contributed by atoms with van der Waals surface area (Å²) in [5.41, 5.74) is 6.35. The van der Waals surface area contributed by atoms with Crippen LogP contribution in [0.4, 0.5) is 11.4 Å². The molecule has 0 radical (unpaired) electrons. The molecular formula is C36H44Cl2N2O4. The number of hydrogen-bond donors (Lipinski definition) is 0. The molecule has 0 aromatic heterocycles. The Morgan fingerprint density at radius 3 is 1.48 bits per heavy atom. The summed E-state index contributed by atoms with van der Waals surface area (Å²) in [7, 11) is 1.73. The highest BCUT2D eigenvalue weighted by Gasteiger charge is 2.33. The fraction of sp³-hybridized carbons (Fsp3) is 0.500. The lowest BCUT2D eigenvalue weighted by Crippen LogP contribution is -2.32. The van der Waals surface area contributed by atoms with Gasteiger partial charge in [-0.2, -0.15) is 0 Å². The van der Waals surface area contributed by atoms with Gasteiger partial charge < -0.3 is 28.7 Å². The molecule has 0 saturated carbocycles. The predicted molar refractivity (Wildman–Crippen MR) is 179 cm³/mol. The molecule has 0 bridgehead atoms. The zero-order valence-corrected chi connectivity index (χ0v) is 28.0. The fourth-order valence-electron chi connectivity index (χ4n) is 5.97. The molecule has 3 atom stereocenters. The summed E-state index contributed by atoms with van der Waals surface area (Å²) in [6, 6.07) is 21.9. The van der Waals surface area contributed by atoms with Crippen molar-refractivity contribution in [3.05, 3.63) is 93.0 Å². The summed E-state index contributed by atoms with van der Waals surface area (Å²) in [6.45, 7) is 15.4. The van der Waals surface area contributed by atoms with Crippen LogP contribution in [0.15, 0.2) is 60.7 Å². The number of methoxy groups -OCH3 is 1. The van der Waals surface area contributed by atoms with E-state index in [0.717, 1.165) is 67.4 Å². The fourth-order valence-corrected chi connectivity index (χ4v) is 6.57. The number of epoxide rings is 3. The molecule has 3 unspecified atom stereocenters.